The van der Waals surface area contributed by atoms with Crippen molar-refractivity contribution in [2.45, 2.75) is 17.9 Å². The van der Waals surface area contributed by atoms with Crippen LogP contribution in [0, 0.1) is 0 Å². The van der Waals surface area contributed by atoms with E-state index in [9.17, 15) is 4.79 Å². The van der Waals surface area contributed by atoms with Crippen LogP contribution < -0.4 is 15.4 Å². The van der Waals surface area contributed by atoms with Crippen molar-refractivity contribution in [1.29, 1.82) is 0 Å². The fraction of sp³-hybridized carbons (Fsp3) is 0.222. The van der Waals surface area contributed by atoms with Crippen molar-refractivity contribution in [1.82, 2.24) is 10.6 Å². The van der Waals surface area contributed by atoms with E-state index in [2.05, 4.69) is 22.8 Å². The van der Waals surface area contributed by atoms with Gasteiger partial charge in [0.1, 0.15) is 5.75 Å². The Bertz CT molecular complexity index is 685. The van der Waals surface area contributed by atoms with Crippen molar-refractivity contribution in [3.05, 3.63) is 59.7 Å². The molecule has 0 heterocycles. The average Bonchev–Trinajstić information content (AvgIpc) is 2.61. The lowest BCUT2D eigenvalue weighted by Crippen LogP contribution is -2.39. The maximum atomic E-state index is 12.0. The zero-order valence-corrected chi connectivity index (χ0v) is 15.3. The predicted octanol–water partition coefficient (Wildman–Crippen LogP) is 3.15. The largest absolute Gasteiger partial charge is 0.497 e. The molecule has 0 saturated heterocycles. The molecule has 0 fully saturated rings. The number of thiocarbonyl (C=S) groups is 1. The van der Waals surface area contributed by atoms with Gasteiger partial charge in [-0.2, -0.15) is 0 Å². The zero-order chi connectivity index (χ0) is 17.4. The van der Waals surface area contributed by atoms with E-state index in [-0.39, 0.29) is 12.3 Å². The van der Waals surface area contributed by atoms with Gasteiger partial charge < -0.3 is 15.4 Å². The molecular formula is C18H20N2O2S2. The summed E-state index contributed by atoms with van der Waals surface area (Å²) in [4.78, 5) is 13.2. The van der Waals surface area contributed by atoms with Crippen molar-refractivity contribution < 1.29 is 9.53 Å². The van der Waals surface area contributed by atoms with Crippen molar-refractivity contribution in [2.75, 3.05) is 13.4 Å². The van der Waals surface area contributed by atoms with Gasteiger partial charge in [-0.25, -0.2) is 0 Å². The van der Waals surface area contributed by atoms with Crippen LogP contribution >= 0.6 is 24.0 Å². The van der Waals surface area contributed by atoms with Gasteiger partial charge in [0.05, 0.1) is 13.5 Å². The SMILES string of the molecule is COc1ccc(CC(=O)NC(=S)NCc2ccc(SC)cc2)cc1. The molecule has 2 N–H and O–H groups in total. The Labute approximate surface area is 152 Å². The van der Waals surface area contributed by atoms with Gasteiger partial charge in [0.2, 0.25) is 5.91 Å². The third-order valence-electron chi connectivity index (χ3n) is 3.39. The van der Waals surface area contributed by atoms with Gasteiger partial charge in [-0.15, -0.1) is 11.8 Å². The quantitative estimate of drug-likeness (QED) is 0.612. The van der Waals surface area contributed by atoms with Crippen LogP contribution in [0.1, 0.15) is 11.1 Å². The minimum atomic E-state index is -0.143. The number of hydrogen-bond donors (Lipinski definition) is 2. The van der Waals surface area contributed by atoms with Crippen LogP contribution in [0.2, 0.25) is 0 Å². The number of carbonyl (C=O) groups excluding carboxylic acids is 1. The monoisotopic (exact) mass is 360 g/mol. The van der Waals surface area contributed by atoms with Gasteiger partial charge >= 0.3 is 0 Å². The van der Waals surface area contributed by atoms with E-state index in [1.165, 1.54) is 4.90 Å². The lowest BCUT2D eigenvalue weighted by atomic mass is 10.1. The number of amides is 1. The number of hydrogen-bond acceptors (Lipinski definition) is 4. The molecule has 24 heavy (non-hydrogen) atoms. The molecule has 0 atom stereocenters. The molecule has 126 valence electrons. The molecule has 0 aliphatic rings. The Morgan fingerprint density at radius 3 is 2.29 bits per heavy atom. The van der Waals surface area contributed by atoms with Crippen LogP contribution in [-0.4, -0.2) is 24.4 Å². The molecular weight excluding hydrogens is 340 g/mol. The van der Waals surface area contributed by atoms with E-state index in [1.54, 1.807) is 18.9 Å². The molecule has 6 heteroatoms. The minimum Gasteiger partial charge on any atom is -0.497 e. The lowest BCUT2D eigenvalue weighted by Gasteiger charge is -2.10. The fourth-order valence-electron chi connectivity index (χ4n) is 2.07. The summed E-state index contributed by atoms with van der Waals surface area (Å²) in [5.41, 5.74) is 2.02. The Balaban J connectivity index is 1.77. The van der Waals surface area contributed by atoms with Gasteiger partial charge in [-0.3, -0.25) is 4.79 Å². The van der Waals surface area contributed by atoms with Crippen LogP contribution in [0.5, 0.6) is 5.75 Å². The van der Waals surface area contributed by atoms with E-state index >= 15 is 0 Å². The first-order valence-electron chi connectivity index (χ1n) is 7.44. The smallest absolute Gasteiger partial charge is 0.230 e. The van der Waals surface area contributed by atoms with Crippen LogP contribution in [0.4, 0.5) is 0 Å². The summed E-state index contributed by atoms with van der Waals surface area (Å²) >= 11 is 6.87. The molecule has 0 saturated carbocycles. The molecule has 0 aliphatic heterocycles. The zero-order valence-electron chi connectivity index (χ0n) is 13.7. The van der Waals surface area contributed by atoms with Gasteiger partial charge in [0.15, 0.2) is 5.11 Å². The van der Waals surface area contributed by atoms with Crippen LogP contribution in [0.15, 0.2) is 53.4 Å². The summed E-state index contributed by atoms with van der Waals surface area (Å²) in [5, 5.41) is 6.08. The third-order valence-corrected chi connectivity index (χ3v) is 4.38. The molecule has 0 unspecified atom stereocenters. The van der Waals surface area contributed by atoms with Gasteiger partial charge in [0.25, 0.3) is 0 Å². The molecule has 0 aliphatic carbocycles. The standard InChI is InChI=1S/C18H20N2O2S2/c1-22-15-7-3-13(4-8-15)11-17(21)20-18(23)19-12-14-5-9-16(24-2)10-6-14/h3-10H,11-12H2,1-2H3,(H2,19,20,21,23). The molecule has 2 aromatic carbocycles. The summed E-state index contributed by atoms with van der Waals surface area (Å²) in [6.45, 7) is 0.580. The first-order chi connectivity index (χ1) is 11.6. The van der Waals surface area contributed by atoms with Crippen LogP contribution in [-0.2, 0) is 17.8 Å². The van der Waals surface area contributed by atoms with Crippen LogP contribution in [0.3, 0.4) is 0 Å². The first kappa shape index (κ1) is 18.3. The van der Waals surface area contributed by atoms with Crippen molar-refractivity contribution in [2.24, 2.45) is 0 Å². The second-order valence-electron chi connectivity index (χ2n) is 5.10. The Morgan fingerprint density at radius 1 is 1.08 bits per heavy atom. The van der Waals surface area contributed by atoms with Crippen LogP contribution in [0.25, 0.3) is 0 Å². The number of benzene rings is 2. The van der Waals surface area contributed by atoms with Gasteiger partial charge in [-0.05, 0) is 53.9 Å². The fourth-order valence-corrected chi connectivity index (χ4v) is 2.66. The maximum Gasteiger partial charge on any atom is 0.230 e. The number of rotatable bonds is 6. The molecule has 2 aromatic rings. The summed E-state index contributed by atoms with van der Waals surface area (Å²) < 4.78 is 5.09. The minimum absolute atomic E-state index is 0.143. The Morgan fingerprint density at radius 2 is 1.71 bits per heavy atom. The highest BCUT2D eigenvalue weighted by molar-refractivity contribution is 7.98. The second-order valence-corrected chi connectivity index (χ2v) is 6.39. The number of nitrogens with one attached hydrogen (secondary N) is 2. The van der Waals surface area contributed by atoms with E-state index in [1.807, 2.05) is 42.7 Å². The first-order valence-corrected chi connectivity index (χ1v) is 9.07. The normalized spacial score (nSPS) is 10.1. The summed E-state index contributed by atoms with van der Waals surface area (Å²) in [6, 6.07) is 15.6. The number of carbonyl (C=O) groups is 1. The summed E-state index contributed by atoms with van der Waals surface area (Å²) in [7, 11) is 1.61. The highest BCUT2D eigenvalue weighted by Crippen LogP contribution is 2.14. The molecule has 0 spiro atoms. The van der Waals surface area contributed by atoms with E-state index in [0.717, 1.165) is 16.9 Å². The summed E-state index contributed by atoms with van der Waals surface area (Å²) in [5.74, 6) is 0.624. The maximum absolute atomic E-state index is 12.0. The highest BCUT2D eigenvalue weighted by atomic mass is 32.2. The van der Waals surface area contributed by atoms with Gasteiger partial charge in [-0.1, -0.05) is 24.3 Å². The topological polar surface area (TPSA) is 50.4 Å². The molecule has 0 bridgehead atoms. The van der Waals surface area contributed by atoms with E-state index < -0.39 is 0 Å². The number of ether oxygens (including phenoxy) is 1. The molecule has 0 aromatic heterocycles. The molecule has 2 rings (SSSR count). The second kappa shape index (κ2) is 9.30. The Hall–Kier alpha value is -2.05. The van der Waals surface area contributed by atoms with Crippen molar-refractivity contribution in [3.63, 3.8) is 0 Å². The van der Waals surface area contributed by atoms with E-state index in [4.69, 9.17) is 17.0 Å². The highest BCUT2D eigenvalue weighted by Gasteiger charge is 2.06. The number of methoxy groups -OCH3 is 1. The van der Waals surface area contributed by atoms with E-state index in [0.29, 0.717) is 11.7 Å². The predicted molar refractivity (Wildman–Crippen MR) is 103 cm³/mol. The molecule has 0 radical (unpaired) electrons. The van der Waals surface area contributed by atoms with Gasteiger partial charge in [0, 0.05) is 11.4 Å². The lowest BCUT2D eigenvalue weighted by molar-refractivity contribution is -0.119. The van der Waals surface area contributed by atoms with Crippen molar-refractivity contribution >= 4 is 35.0 Å². The Kier molecular flexibility index (Phi) is 7.08. The molecule has 4 nitrogen and oxygen atoms in total. The molecule has 1 amide bonds. The summed E-state index contributed by atoms with van der Waals surface area (Å²) in [6.07, 6.45) is 2.31. The average molecular weight is 361 g/mol. The number of thioether (sulfide) groups is 1. The van der Waals surface area contributed by atoms with Crippen molar-refractivity contribution in [3.8, 4) is 5.75 Å². The third kappa shape index (κ3) is 5.86.